The molecular formula is C27H30N2O5. The first-order chi connectivity index (χ1) is 16.4. The normalized spacial score (nSPS) is 18.9. The molecule has 4 rings (SSSR count). The summed E-state index contributed by atoms with van der Waals surface area (Å²) in [5.41, 5.74) is 1.49. The summed E-state index contributed by atoms with van der Waals surface area (Å²) in [6.45, 7) is 3.76. The number of carbonyl (C=O) groups excluding carboxylic acids is 2. The van der Waals surface area contributed by atoms with Gasteiger partial charge in [-0.3, -0.25) is 9.59 Å². The van der Waals surface area contributed by atoms with Gasteiger partial charge < -0.3 is 24.1 Å². The highest BCUT2D eigenvalue weighted by molar-refractivity contribution is 5.97. The third-order valence-electron chi connectivity index (χ3n) is 6.29. The summed E-state index contributed by atoms with van der Waals surface area (Å²) in [4.78, 5) is 28.6. The molecule has 0 aliphatic carbocycles. The zero-order valence-corrected chi connectivity index (χ0v) is 19.9. The molecule has 2 amide bonds. The highest BCUT2D eigenvalue weighted by Gasteiger charge is 2.43. The fourth-order valence-electron chi connectivity index (χ4n) is 4.56. The van der Waals surface area contributed by atoms with Crippen LogP contribution in [0.1, 0.15) is 48.9 Å². The van der Waals surface area contributed by atoms with Crippen LogP contribution in [0.2, 0.25) is 0 Å². The van der Waals surface area contributed by atoms with Crippen LogP contribution in [0.15, 0.2) is 65.1 Å². The van der Waals surface area contributed by atoms with Crippen molar-refractivity contribution in [2.24, 2.45) is 5.92 Å². The van der Waals surface area contributed by atoms with Crippen LogP contribution in [-0.4, -0.2) is 26.0 Å². The maximum Gasteiger partial charge on any atom is 0.227 e. The number of ether oxygens (including phenoxy) is 2. The number of rotatable bonds is 7. The molecule has 2 heterocycles. The number of carbonyl (C=O) groups is 2. The highest BCUT2D eigenvalue weighted by atomic mass is 16.5. The second-order valence-corrected chi connectivity index (χ2v) is 8.47. The van der Waals surface area contributed by atoms with E-state index in [1.807, 2.05) is 74.5 Å². The Morgan fingerprint density at radius 2 is 1.79 bits per heavy atom. The first kappa shape index (κ1) is 23.4. The molecule has 1 aliphatic heterocycles. The van der Waals surface area contributed by atoms with E-state index in [0.717, 1.165) is 11.3 Å². The predicted molar refractivity (Wildman–Crippen MR) is 129 cm³/mol. The van der Waals surface area contributed by atoms with Crippen molar-refractivity contribution in [3.63, 3.8) is 0 Å². The van der Waals surface area contributed by atoms with Crippen LogP contribution in [0.25, 0.3) is 0 Å². The summed E-state index contributed by atoms with van der Waals surface area (Å²) in [6, 6.07) is 17.8. The van der Waals surface area contributed by atoms with E-state index in [0.29, 0.717) is 29.4 Å². The standard InChI is InChI=1S/C27H30N2O5/c1-17-9-15-23(34-17)18(2)28-27(31)22-14-16-25(30)29(19-10-12-20(32-3)13-11-19)26(22)21-7-5-6-8-24(21)33-4/h5-13,15,18,22,26H,14,16H2,1-4H3,(H,28,31). The van der Waals surface area contributed by atoms with E-state index in [2.05, 4.69) is 5.32 Å². The predicted octanol–water partition coefficient (Wildman–Crippen LogP) is 4.97. The third kappa shape index (κ3) is 4.64. The van der Waals surface area contributed by atoms with Gasteiger partial charge in [-0.05, 0) is 62.7 Å². The van der Waals surface area contributed by atoms with Gasteiger partial charge in [0.15, 0.2) is 0 Å². The lowest BCUT2D eigenvalue weighted by atomic mass is 9.82. The van der Waals surface area contributed by atoms with Gasteiger partial charge in [-0.2, -0.15) is 0 Å². The molecule has 1 N–H and O–H groups in total. The first-order valence-electron chi connectivity index (χ1n) is 11.4. The fourth-order valence-corrected chi connectivity index (χ4v) is 4.56. The summed E-state index contributed by atoms with van der Waals surface area (Å²) in [5.74, 6) is 2.15. The van der Waals surface area contributed by atoms with Crippen LogP contribution >= 0.6 is 0 Å². The van der Waals surface area contributed by atoms with Crippen LogP contribution in [0.3, 0.4) is 0 Å². The van der Waals surface area contributed by atoms with Gasteiger partial charge in [0.05, 0.1) is 32.2 Å². The van der Waals surface area contributed by atoms with Crippen LogP contribution < -0.4 is 19.7 Å². The summed E-state index contributed by atoms with van der Waals surface area (Å²) in [5, 5.41) is 3.09. The van der Waals surface area contributed by atoms with Gasteiger partial charge in [-0.15, -0.1) is 0 Å². The largest absolute Gasteiger partial charge is 0.497 e. The SMILES string of the molecule is COc1ccc(N2C(=O)CCC(C(=O)NC(C)c3ccc(C)o3)C2c2ccccc2OC)cc1. The maximum absolute atomic E-state index is 13.6. The van der Waals surface area contributed by atoms with Crippen LogP contribution in [0, 0.1) is 12.8 Å². The van der Waals surface area contributed by atoms with Crippen molar-refractivity contribution in [3.8, 4) is 11.5 Å². The lowest BCUT2D eigenvalue weighted by molar-refractivity contribution is -0.130. The first-order valence-corrected chi connectivity index (χ1v) is 11.4. The Balaban J connectivity index is 1.73. The van der Waals surface area contributed by atoms with Gasteiger partial charge in [0.2, 0.25) is 11.8 Å². The van der Waals surface area contributed by atoms with Gasteiger partial charge >= 0.3 is 0 Å². The molecule has 1 fully saturated rings. The van der Waals surface area contributed by atoms with Crippen LogP contribution in [-0.2, 0) is 9.59 Å². The van der Waals surface area contributed by atoms with E-state index in [9.17, 15) is 9.59 Å². The number of hydrogen-bond donors (Lipinski definition) is 1. The quantitative estimate of drug-likeness (QED) is 0.536. The third-order valence-corrected chi connectivity index (χ3v) is 6.29. The molecule has 34 heavy (non-hydrogen) atoms. The van der Waals surface area contributed by atoms with Crippen molar-refractivity contribution in [3.05, 3.63) is 77.7 Å². The minimum atomic E-state index is -0.531. The van der Waals surface area contributed by atoms with E-state index in [1.54, 1.807) is 19.1 Å². The zero-order chi connectivity index (χ0) is 24.2. The van der Waals surface area contributed by atoms with Crippen molar-refractivity contribution in [1.82, 2.24) is 5.32 Å². The summed E-state index contributed by atoms with van der Waals surface area (Å²) < 4.78 is 16.6. The van der Waals surface area contributed by atoms with E-state index < -0.39 is 12.0 Å². The van der Waals surface area contributed by atoms with E-state index >= 15 is 0 Å². The number of amides is 2. The highest BCUT2D eigenvalue weighted by Crippen LogP contribution is 2.43. The second-order valence-electron chi connectivity index (χ2n) is 8.47. The topological polar surface area (TPSA) is 81.0 Å². The Labute approximate surface area is 199 Å². The second kappa shape index (κ2) is 10.0. The number of aryl methyl sites for hydroxylation is 1. The van der Waals surface area contributed by atoms with Crippen LogP contribution in [0.4, 0.5) is 5.69 Å². The Morgan fingerprint density at radius 3 is 2.44 bits per heavy atom. The number of benzene rings is 2. The van der Waals surface area contributed by atoms with Gasteiger partial charge in [0.1, 0.15) is 23.0 Å². The van der Waals surface area contributed by atoms with Crippen molar-refractivity contribution < 1.29 is 23.5 Å². The van der Waals surface area contributed by atoms with Crippen LogP contribution in [0.5, 0.6) is 11.5 Å². The molecule has 1 aliphatic rings. The number of piperidine rings is 1. The van der Waals surface area contributed by atoms with Crippen molar-refractivity contribution >= 4 is 17.5 Å². The average molecular weight is 463 g/mol. The fraction of sp³-hybridized carbons (Fsp3) is 0.333. The van der Waals surface area contributed by atoms with Crippen molar-refractivity contribution in [2.45, 2.75) is 38.8 Å². The molecule has 178 valence electrons. The average Bonchev–Trinajstić information content (AvgIpc) is 3.30. The molecule has 2 aromatic carbocycles. The molecule has 0 radical (unpaired) electrons. The monoisotopic (exact) mass is 462 g/mol. The number of para-hydroxylation sites is 1. The molecule has 1 saturated heterocycles. The van der Waals surface area contributed by atoms with E-state index in [4.69, 9.17) is 13.9 Å². The molecule has 0 bridgehead atoms. The number of anilines is 1. The van der Waals surface area contributed by atoms with Crippen molar-refractivity contribution in [2.75, 3.05) is 19.1 Å². The Bertz CT molecular complexity index is 1150. The summed E-state index contributed by atoms with van der Waals surface area (Å²) in [6.07, 6.45) is 0.702. The molecule has 0 spiro atoms. The number of nitrogens with zero attached hydrogens (tertiary/aromatic N) is 1. The molecule has 3 atom stereocenters. The minimum Gasteiger partial charge on any atom is -0.497 e. The van der Waals surface area contributed by atoms with Gasteiger partial charge in [-0.25, -0.2) is 0 Å². The smallest absolute Gasteiger partial charge is 0.227 e. The Kier molecular flexibility index (Phi) is 6.91. The molecular weight excluding hydrogens is 432 g/mol. The van der Waals surface area contributed by atoms with Crippen molar-refractivity contribution in [1.29, 1.82) is 0 Å². The van der Waals surface area contributed by atoms with E-state index in [1.165, 1.54) is 0 Å². The van der Waals surface area contributed by atoms with E-state index in [-0.39, 0.29) is 24.3 Å². The Hall–Kier alpha value is -3.74. The molecule has 1 aromatic heterocycles. The molecule has 3 unspecified atom stereocenters. The molecule has 0 saturated carbocycles. The van der Waals surface area contributed by atoms with Gasteiger partial charge in [0, 0.05) is 17.7 Å². The lowest BCUT2D eigenvalue weighted by Gasteiger charge is -2.41. The minimum absolute atomic E-state index is 0.0418. The number of furan rings is 1. The maximum atomic E-state index is 13.6. The lowest BCUT2D eigenvalue weighted by Crippen LogP contribution is -2.48. The number of nitrogens with one attached hydrogen (secondary N) is 1. The molecule has 7 heteroatoms. The summed E-state index contributed by atoms with van der Waals surface area (Å²) >= 11 is 0. The summed E-state index contributed by atoms with van der Waals surface area (Å²) in [7, 11) is 3.19. The molecule has 3 aromatic rings. The Morgan fingerprint density at radius 1 is 1.06 bits per heavy atom. The number of hydrogen-bond acceptors (Lipinski definition) is 5. The van der Waals surface area contributed by atoms with Gasteiger partial charge in [0.25, 0.3) is 0 Å². The van der Waals surface area contributed by atoms with Gasteiger partial charge in [-0.1, -0.05) is 18.2 Å². The zero-order valence-electron chi connectivity index (χ0n) is 19.9. The number of methoxy groups -OCH3 is 2. The molecule has 7 nitrogen and oxygen atoms in total.